The first-order valence-electron chi connectivity index (χ1n) is 5.68. The summed E-state index contributed by atoms with van der Waals surface area (Å²) in [5.74, 6) is -1.22. The van der Waals surface area contributed by atoms with Gasteiger partial charge in [0.25, 0.3) is 0 Å². The molecule has 0 saturated carbocycles. The fraction of sp³-hybridized carbons (Fsp3) is 0.667. The van der Waals surface area contributed by atoms with Gasteiger partial charge in [0.2, 0.25) is 0 Å². The number of carboxylic acids is 1. The largest absolute Gasteiger partial charge is 0.478 e. The topological polar surface area (TPSA) is 63.6 Å². The maximum atomic E-state index is 11.1. The van der Waals surface area contributed by atoms with Crippen molar-refractivity contribution in [2.24, 2.45) is 0 Å². The highest BCUT2D eigenvalue weighted by atomic mass is 16.5. The van der Waals surface area contributed by atoms with E-state index in [0.717, 1.165) is 24.8 Å². The van der Waals surface area contributed by atoms with Gasteiger partial charge in [-0.2, -0.15) is 0 Å². The van der Waals surface area contributed by atoms with Gasteiger partial charge in [-0.05, 0) is 26.2 Å². The lowest BCUT2D eigenvalue weighted by molar-refractivity contribution is -0.143. The number of carboxylic acid groups (broad SMARTS) is 1. The van der Waals surface area contributed by atoms with Crippen LogP contribution in [0.25, 0.3) is 0 Å². The van der Waals surface area contributed by atoms with Crippen molar-refractivity contribution in [2.75, 3.05) is 6.61 Å². The molecule has 0 aromatic heterocycles. The van der Waals surface area contributed by atoms with Gasteiger partial charge in [-0.3, -0.25) is 4.79 Å². The Kier molecular flexibility index (Phi) is 8.21. The van der Waals surface area contributed by atoms with E-state index in [0.29, 0.717) is 13.0 Å². The molecule has 0 amide bonds. The van der Waals surface area contributed by atoms with Crippen molar-refractivity contribution in [1.82, 2.24) is 0 Å². The van der Waals surface area contributed by atoms with E-state index in [4.69, 9.17) is 9.84 Å². The molecular weight excluding hydrogens is 208 g/mol. The van der Waals surface area contributed by atoms with E-state index in [2.05, 4.69) is 0 Å². The van der Waals surface area contributed by atoms with Gasteiger partial charge in [0.15, 0.2) is 0 Å². The summed E-state index contributed by atoms with van der Waals surface area (Å²) in [5, 5.41) is 8.66. The molecule has 0 atom stereocenters. The van der Waals surface area contributed by atoms with Crippen LogP contribution in [0.1, 0.15) is 46.0 Å². The van der Waals surface area contributed by atoms with Crippen molar-refractivity contribution in [3.05, 3.63) is 11.6 Å². The maximum Gasteiger partial charge on any atom is 0.328 e. The highest BCUT2D eigenvalue weighted by Gasteiger charge is 2.06. The first-order valence-corrected chi connectivity index (χ1v) is 5.68. The molecule has 1 N–H and O–H groups in total. The van der Waals surface area contributed by atoms with Crippen molar-refractivity contribution in [3.8, 4) is 0 Å². The molecule has 0 aliphatic carbocycles. The van der Waals surface area contributed by atoms with Crippen molar-refractivity contribution in [2.45, 2.75) is 46.0 Å². The summed E-state index contributed by atoms with van der Waals surface area (Å²) in [4.78, 5) is 21.7. The molecule has 92 valence electrons. The Bertz CT molecular complexity index is 256. The Morgan fingerprint density at radius 2 is 1.88 bits per heavy atom. The minimum Gasteiger partial charge on any atom is -0.478 e. The minimum atomic E-state index is -0.949. The lowest BCUT2D eigenvalue weighted by atomic mass is 10.0. The number of carbonyl (C=O) groups is 2. The third-order valence-corrected chi connectivity index (χ3v) is 2.13. The van der Waals surface area contributed by atoms with Gasteiger partial charge in [0, 0.05) is 12.5 Å². The minimum absolute atomic E-state index is 0.261. The number of hydrogen-bond donors (Lipinski definition) is 1. The molecule has 0 aromatic rings. The SMILES string of the molecule is CCCC/C(=C\C(=O)O)CCC(=O)OCC. The number of rotatable bonds is 8. The molecule has 0 unspecified atom stereocenters. The first kappa shape index (κ1) is 14.7. The van der Waals surface area contributed by atoms with Gasteiger partial charge >= 0.3 is 11.9 Å². The molecule has 0 aliphatic rings. The van der Waals surface area contributed by atoms with Crippen LogP contribution in [0.2, 0.25) is 0 Å². The lowest BCUT2D eigenvalue weighted by Gasteiger charge is -2.05. The Morgan fingerprint density at radius 1 is 1.19 bits per heavy atom. The predicted molar refractivity (Wildman–Crippen MR) is 61.1 cm³/mol. The van der Waals surface area contributed by atoms with E-state index in [1.54, 1.807) is 6.92 Å². The normalized spacial score (nSPS) is 11.2. The average Bonchev–Trinajstić information content (AvgIpc) is 2.22. The summed E-state index contributed by atoms with van der Waals surface area (Å²) in [6.07, 6.45) is 4.64. The Morgan fingerprint density at radius 3 is 2.38 bits per heavy atom. The van der Waals surface area contributed by atoms with Crippen molar-refractivity contribution >= 4 is 11.9 Å². The third kappa shape index (κ3) is 8.03. The van der Waals surface area contributed by atoms with E-state index >= 15 is 0 Å². The monoisotopic (exact) mass is 228 g/mol. The fourth-order valence-corrected chi connectivity index (χ4v) is 1.34. The van der Waals surface area contributed by atoms with E-state index in [1.807, 2.05) is 6.92 Å². The molecule has 0 aromatic carbocycles. The lowest BCUT2D eigenvalue weighted by Crippen LogP contribution is -2.04. The molecular formula is C12H20O4. The molecule has 0 rings (SSSR count). The molecule has 0 bridgehead atoms. The Labute approximate surface area is 96.3 Å². The van der Waals surface area contributed by atoms with E-state index in [1.165, 1.54) is 6.08 Å². The van der Waals surface area contributed by atoms with Crippen LogP contribution in [0.15, 0.2) is 11.6 Å². The average molecular weight is 228 g/mol. The van der Waals surface area contributed by atoms with Gasteiger partial charge < -0.3 is 9.84 Å². The van der Waals surface area contributed by atoms with Crippen LogP contribution in [0.5, 0.6) is 0 Å². The van der Waals surface area contributed by atoms with E-state index in [-0.39, 0.29) is 12.4 Å². The zero-order valence-corrected chi connectivity index (χ0v) is 9.99. The Hall–Kier alpha value is -1.32. The van der Waals surface area contributed by atoms with Crippen molar-refractivity contribution < 1.29 is 19.4 Å². The summed E-state index contributed by atoms with van der Waals surface area (Å²) < 4.78 is 4.79. The summed E-state index contributed by atoms with van der Waals surface area (Å²) in [5.41, 5.74) is 0.808. The van der Waals surface area contributed by atoms with Gasteiger partial charge in [0.1, 0.15) is 0 Å². The van der Waals surface area contributed by atoms with Crippen LogP contribution in [0, 0.1) is 0 Å². The number of allylic oxidation sites excluding steroid dienone is 1. The summed E-state index contributed by atoms with van der Waals surface area (Å²) >= 11 is 0. The number of carbonyl (C=O) groups excluding carboxylic acids is 1. The fourth-order valence-electron chi connectivity index (χ4n) is 1.34. The maximum absolute atomic E-state index is 11.1. The first-order chi connectivity index (χ1) is 7.60. The van der Waals surface area contributed by atoms with Crippen LogP contribution >= 0.6 is 0 Å². The summed E-state index contributed by atoms with van der Waals surface area (Å²) in [6.45, 7) is 4.17. The van der Waals surface area contributed by atoms with E-state index < -0.39 is 5.97 Å². The van der Waals surface area contributed by atoms with Crippen LogP contribution in [-0.2, 0) is 14.3 Å². The zero-order chi connectivity index (χ0) is 12.4. The second-order valence-corrected chi connectivity index (χ2v) is 3.55. The Balaban J connectivity index is 4.11. The number of hydrogen-bond acceptors (Lipinski definition) is 3. The van der Waals surface area contributed by atoms with Gasteiger partial charge in [-0.25, -0.2) is 4.79 Å². The number of esters is 1. The van der Waals surface area contributed by atoms with Crippen LogP contribution in [0.4, 0.5) is 0 Å². The molecule has 0 spiro atoms. The molecule has 0 fully saturated rings. The molecule has 0 heterocycles. The zero-order valence-electron chi connectivity index (χ0n) is 9.99. The number of unbranched alkanes of at least 4 members (excludes halogenated alkanes) is 1. The molecule has 4 nitrogen and oxygen atoms in total. The van der Waals surface area contributed by atoms with Crippen LogP contribution in [0.3, 0.4) is 0 Å². The van der Waals surface area contributed by atoms with Crippen LogP contribution < -0.4 is 0 Å². The molecule has 16 heavy (non-hydrogen) atoms. The smallest absolute Gasteiger partial charge is 0.328 e. The number of aliphatic carboxylic acids is 1. The molecule has 4 heteroatoms. The highest BCUT2D eigenvalue weighted by Crippen LogP contribution is 2.14. The van der Waals surface area contributed by atoms with Crippen molar-refractivity contribution in [1.29, 1.82) is 0 Å². The standard InChI is InChI=1S/C12H20O4/c1-3-5-6-10(9-11(13)14)7-8-12(15)16-4-2/h9H,3-8H2,1-2H3,(H,13,14)/b10-9+. The van der Waals surface area contributed by atoms with E-state index in [9.17, 15) is 9.59 Å². The van der Waals surface area contributed by atoms with Crippen LogP contribution in [-0.4, -0.2) is 23.7 Å². The van der Waals surface area contributed by atoms with Gasteiger partial charge in [0.05, 0.1) is 6.61 Å². The van der Waals surface area contributed by atoms with Gasteiger partial charge in [-0.15, -0.1) is 0 Å². The van der Waals surface area contributed by atoms with Crippen molar-refractivity contribution in [3.63, 3.8) is 0 Å². The quantitative estimate of drug-likeness (QED) is 0.512. The molecule has 0 aliphatic heterocycles. The van der Waals surface area contributed by atoms with Gasteiger partial charge in [-0.1, -0.05) is 18.9 Å². The predicted octanol–water partition coefficient (Wildman–Crippen LogP) is 2.53. The second-order valence-electron chi connectivity index (χ2n) is 3.55. The molecule has 0 radical (unpaired) electrons. The number of ether oxygens (including phenoxy) is 1. The highest BCUT2D eigenvalue weighted by molar-refractivity contribution is 5.80. The second kappa shape index (κ2) is 8.95. The summed E-state index contributed by atoms with van der Waals surface area (Å²) in [7, 11) is 0. The summed E-state index contributed by atoms with van der Waals surface area (Å²) in [6, 6.07) is 0. The molecule has 0 saturated heterocycles. The third-order valence-electron chi connectivity index (χ3n) is 2.13.